The number of nitrogens with zero attached hydrogens (tertiary/aromatic N) is 3. The lowest BCUT2D eigenvalue weighted by Gasteiger charge is -2.06. The second kappa shape index (κ2) is 7.33. The van der Waals surface area contributed by atoms with Crippen molar-refractivity contribution < 1.29 is 4.42 Å². The van der Waals surface area contributed by atoms with Crippen LogP contribution >= 0.6 is 11.3 Å². The Bertz CT molecular complexity index is 806. The summed E-state index contributed by atoms with van der Waals surface area (Å²) in [5.41, 5.74) is 8.60. The first kappa shape index (κ1) is 16.2. The predicted molar refractivity (Wildman–Crippen MR) is 97.5 cm³/mol. The minimum Gasteiger partial charge on any atom is -0.406 e. The van der Waals surface area contributed by atoms with Crippen molar-refractivity contribution in [3.63, 3.8) is 0 Å². The van der Waals surface area contributed by atoms with E-state index in [4.69, 9.17) is 15.1 Å². The third-order valence-corrected chi connectivity index (χ3v) is 5.49. The van der Waals surface area contributed by atoms with E-state index in [-0.39, 0.29) is 6.04 Å². The maximum absolute atomic E-state index is 6.18. The van der Waals surface area contributed by atoms with Gasteiger partial charge in [0.25, 0.3) is 0 Å². The molecule has 0 amide bonds. The third-order valence-electron chi connectivity index (χ3n) is 4.34. The summed E-state index contributed by atoms with van der Waals surface area (Å²) < 4.78 is 5.66. The number of nitrogens with two attached hydrogens (primary N) is 1. The summed E-state index contributed by atoms with van der Waals surface area (Å²) in [4.78, 5) is 6.13. The zero-order valence-electron chi connectivity index (χ0n) is 13.9. The van der Waals surface area contributed by atoms with Gasteiger partial charge in [-0.25, -0.2) is 4.98 Å². The highest BCUT2D eigenvalue weighted by atomic mass is 32.1. The third kappa shape index (κ3) is 3.88. The molecule has 0 aliphatic heterocycles. The van der Waals surface area contributed by atoms with Crippen molar-refractivity contribution in [2.24, 2.45) is 5.73 Å². The van der Waals surface area contributed by atoms with Crippen molar-refractivity contribution in [2.45, 2.75) is 44.7 Å². The van der Waals surface area contributed by atoms with E-state index in [2.05, 4.69) is 15.5 Å². The number of aromatic nitrogens is 3. The van der Waals surface area contributed by atoms with E-state index in [1.54, 1.807) is 11.3 Å². The van der Waals surface area contributed by atoms with Crippen molar-refractivity contribution in [3.05, 3.63) is 57.4 Å². The monoisotopic (exact) mass is 355 g/mol. The molecule has 1 aliphatic rings. The molecular formula is C18H21N5OS. The van der Waals surface area contributed by atoms with Crippen molar-refractivity contribution in [1.29, 1.82) is 0 Å². The highest BCUT2D eigenvalue weighted by Gasteiger charge is 2.17. The van der Waals surface area contributed by atoms with Gasteiger partial charge >= 0.3 is 6.01 Å². The summed E-state index contributed by atoms with van der Waals surface area (Å²) in [6, 6.07) is 10.1. The van der Waals surface area contributed by atoms with Crippen molar-refractivity contribution in [2.75, 3.05) is 5.32 Å². The van der Waals surface area contributed by atoms with E-state index in [9.17, 15) is 0 Å². The maximum Gasteiger partial charge on any atom is 0.315 e. The van der Waals surface area contributed by atoms with Crippen LogP contribution in [0.3, 0.4) is 0 Å². The molecule has 2 heterocycles. The summed E-state index contributed by atoms with van der Waals surface area (Å²) in [5, 5.41) is 12.3. The molecule has 1 atom stereocenters. The number of anilines is 1. The second-order valence-electron chi connectivity index (χ2n) is 6.28. The molecule has 0 fully saturated rings. The Kier molecular flexibility index (Phi) is 4.76. The second-order valence-corrected chi connectivity index (χ2v) is 7.45. The predicted octanol–water partition coefficient (Wildman–Crippen LogP) is 3.26. The fourth-order valence-electron chi connectivity index (χ4n) is 3.04. The van der Waals surface area contributed by atoms with Crippen LogP contribution in [0.5, 0.6) is 0 Å². The van der Waals surface area contributed by atoms with E-state index >= 15 is 0 Å². The first-order valence-corrected chi connectivity index (χ1v) is 9.44. The van der Waals surface area contributed by atoms with Crippen LogP contribution in [0.2, 0.25) is 0 Å². The Morgan fingerprint density at radius 2 is 2.00 bits per heavy atom. The van der Waals surface area contributed by atoms with Gasteiger partial charge in [-0.3, -0.25) is 0 Å². The molecule has 1 aromatic carbocycles. The first-order valence-electron chi connectivity index (χ1n) is 8.62. The van der Waals surface area contributed by atoms with Crippen LogP contribution in [0.15, 0.2) is 34.7 Å². The maximum atomic E-state index is 6.18. The smallest absolute Gasteiger partial charge is 0.315 e. The molecule has 0 spiro atoms. The number of aryl methyl sites for hydroxylation is 2. The summed E-state index contributed by atoms with van der Waals surface area (Å²) >= 11 is 1.78. The number of fused-ring (bicyclic) bond motifs is 1. The van der Waals surface area contributed by atoms with Gasteiger partial charge in [0.15, 0.2) is 0 Å². The van der Waals surface area contributed by atoms with Gasteiger partial charge in [-0.1, -0.05) is 35.4 Å². The Labute approximate surface area is 150 Å². The average Bonchev–Trinajstić information content (AvgIpc) is 3.27. The van der Waals surface area contributed by atoms with Gasteiger partial charge in [0, 0.05) is 4.88 Å². The lowest BCUT2D eigenvalue weighted by molar-refractivity contribution is 0.456. The van der Waals surface area contributed by atoms with Gasteiger partial charge in [-0.2, -0.15) is 0 Å². The van der Waals surface area contributed by atoms with Crippen LogP contribution in [-0.4, -0.2) is 15.2 Å². The Morgan fingerprint density at radius 3 is 2.84 bits per heavy atom. The molecule has 2 aromatic heterocycles. The summed E-state index contributed by atoms with van der Waals surface area (Å²) in [7, 11) is 0. The lowest BCUT2D eigenvalue weighted by atomic mass is 10.0. The molecule has 3 aromatic rings. The Hall–Kier alpha value is -2.25. The SMILES string of the molecule is N[C@H](Cc1ccccc1)c1nnc(NCc2nc3c(s2)CCCC3)o1. The molecule has 0 unspecified atom stereocenters. The van der Waals surface area contributed by atoms with Gasteiger partial charge < -0.3 is 15.5 Å². The average molecular weight is 355 g/mol. The molecule has 3 N–H and O–H groups in total. The zero-order chi connectivity index (χ0) is 17.1. The van der Waals surface area contributed by atoms with Crippen LogP contribution in [-0.2, 0) is 25.8 Å². The highest BCUT2D eigenvalue weighted by molar-refractivity contribution is 7.11. The minimum absolute atomic E-state index is 0.308. The molecule has 130 valence electrons. The van der Waals surface area contributed by atoms with Crippen LogP contribution in [0, 0.1) is 0 Å². The standard InChI is InChI=1S/C18H21N5OS/c19-13(10-12-6-2-1-3-7-12)17-22-23-18(24-17)20-11-16-21-14-8-4-5-9-15(14)25-16/h1-3,6-7,13H,4-5,8-11,19H2,(H,20,23)/t13-/m1/s1. The normalized spacial score (nSPS) is 14.9. The van der Waals surface area contributed by atoms with E-state index < -0.39 is 0 Å². The van der Waals surface area contributed by atoms with Gasteiger partial charge in [0.1, 0.15) is 5.01 Å². The van der Waals surface area contributed by atoms with Crippen molar-refractivity contribution >= 4 is 17.4 Å². The van der Waals surface area contributed by atoms with Crippen molar-refractivity contribution in [1.82, 2.24) is 15.2 Å². The van der Waals surface area contributed by atoms with Gasteiger partial charge in [-0.15, -0.1) is 16.4 Å². The Morgan fingerprint density at radius 1 is 1.16 bits per heavy atom. The van der Waals surface area contributed by atoms with E-state index in [1.807, 2.05) is 30.3 Å². The number of benzene rings is 1. The minimum atomic E-state index is -0.308. The summed E-state index contributed by atoms with van der Waals surface area (Å²) in [6.45, 7) is 0.604. The molecule has 7 heteroatoms. The molecule has 0 bridgehead atoms. The fraction of sp³-hybridized carbons (Fsp3) is 0.389. The topological polar surface area (TPSA) is 89.9 Å². The van der Waals surface area contributed by atoms with Crippen LogP contribution < -0.4 is 11.1 Å². The number of nitrogens with one attached hydrogen (secondary N) is 1. The molecule has 0 saturated carbocycles. The molecule has 4 rings (SSSR count). The lowest BCUT2D eigenvalue weighted by Crippen LogP contribution is -2.13. The highest BCUT2D eigenvalue weighted by Crippen LogP contribution is 2.27. The summed E-state index contributed by atoms with van der Waals surface area (Å²) in [6.07, 6.45) is 5.45. The zero-order valence-corrected chi connectivity index (χ0v) is 14.8. The first-order chi connectivity index (χ1) is 12.3. The number of hydrogen-bond acceptors (Lipinski definition) is 7. The van der Waals surface area contributed by atoms with Crippen LogP contribution in [0.1, 0.15) is 45.9 Å². The molecule has 1 aliphatic carbocycles. The van der Waals surface area contributed by atoms with E-state index in [0.29, 0.717) is 24.9 Å². The van der Waals surface area contributed by atoms with E-state index in [1.165, 1.54) is 23.4 Å². The molecule has 0 radical (unpaired) electrons. The molecule has 0 saturated heterocycles. The number of thiazole rings is 1. The van der Waals surface area contributed by atoms with Crippen LogP contribution in [0.4, 0.5) is 6.01 Å². The van der Waals surface area contributed by atoms with Crippen LogP contribution in [0.25, 0.3) is 0 Å². The molecule has 25 heavy (non-hydrogen) atoms. The van der Waals surface area contributed by atoms with Gasteiger partial charge in [0.05, 0.1) is 18.3 Å². The molecular weight excluding hydrogens is 334 g/mol. The number of rotatable bonds is 6. The largest absolute Gasteiger partial charge is 0.406 e. The van der Waals surface area contributed by atoms with E-state index in [0.717, 1.165) is 23.4 Å². The summed E-state index contributed by atoms with van der Waals surface area (Å²) in [5.74, 6) is 0.449. The Balaban J connectivity index is 1.35. The molecule has 6 nitrogen and oxygen atoms in total. The van der Waals surface area contributed by atoms with Gasteiger partial charge in [0.2, 0.25) is 5.89 Å². The quantitative estimate of drug-likeness (QED) is 0.705. The number of hydrogen-bond donors (Lipinski definition) is 2. The fourth-order valence-corrected chi connectivity index (χ4v) is 4.14. The van der Waals surface area contributed by atoms with Gasteiger partial charge in [-0.05, 0) is 37.7 Å². The van der Waals surface area contributed by atoms with Crippen molar-refractivity contribution in [3.8, 4) is 0 Å².